The number of aryl methyl sites for hydroxylation is 1. The summed E-state index contributed by atoms with van der Waals surface area (Å²) < 4.78 is 4.56. The number of ether oxygens (including phenoxy) is 1. The molecule has 148 valence electrons. The molecule has 0 unspecified atom stereocenters. The molecule has 0 aliphatic carbocycles. The predicted molar refractivity (Wildman–Crippen MR) is 107 cm³/mol. The van der Waals surface area contributed by atoms with E-state index in [1.54, 1.807) is 30.5 Å². The second kappa shape index (κ2) is 9.65. The molecule has 1 aromatic carbocycles. The lowest BCUT2D eigenvalue weighted by molar-refractivity contribution is -0.140. The molecule has 0 atom stereocenters. The maximum absolute atomic E-state index is 12.3. The highest BCUT2D eigenvalue weighted by Crippen LogP contribution is 2.22. The fourth-order valence-corrected chi connectivity index (χ4v) is 3.11. The first-order chi connectivity index (χ1) is 14.1. The predicted octanol–water partition coefficient (Wildman–Crippen LogP) is 3.01. The molecular weight excluding hydrogens is 368 g/mol. The number of esters is 1. The lowest BCUT2D eigenvalue weighted by Gasteiger charge is -2.13. The van der Waals surface area contributed by atoms with Crippen molar-refractivity contribution in [3.63, 3.8) is 0 Å². The van der Waals surface area contributed by atoms with Crippen molar-refractivity contribution in [2.45, 2.75) is 32.1 Å². The van der Waals surface area contributed by atoms with E-state index in [1.165, 1.54) is 12.0 Å². The molecular formula is C23H22N2O4. The first kappa shape index (κ1) is 20.3. The topological polar surface area (TPSA) is 76.6 Å². The number of carbonyl (C=O) groups excluding carboxylic acids is 3. The number of fused-ring (bicyclic) bond motifs is 1. The van der Waals surface area contributed by atoms with Crippen LogP contribution in [-0.4, -0.2) is 41.3 Å². The molecule has 0 N–H and O–H groups in total. The highest BCUT2D eigenvalue weighted by atomic mass is 16.5. The molecule has 1 aliphatic rings. The summed E-state index contributed by atoms with van der Waals surface area (Å²) in [7, 11) is 1.36. The Balaban J connectivity index is 1.42. The summed E-state index contributed by atoms with van der Waals surface area (Å²) in [4.78, 5) is 41.3. The lowest BCUT2D eigenvalue weighted by Crippen LogP contribution is -2.30. The zero-order valence-corrected chi connectivity index (χ0v) is 16.3. The molecule has 0 fully saturated rings. The van der Waals surface area contributed by atoms with Gasteiger partial charge in [-0.25, -0.2) is 4.98 Å². The van der Waals surface area contributed by atoms with Crippen molar-refractivity contribution < 1.29 is 19.1 Å². The fourth-order valence-electron chi connectivity index (χ4n) is 3.11. The summed E-state index contributed by atoms with van der Waals surface area (Å²) in [6.45, 7) is 0.420. The van der Waals surface area contributed by atoms with E-state index in [0.29, 0.717) is 29.8 Å². The third-order valence-corrected chi connectivity index (χ3v) is 4.70. The number of aromatic nitrogens is 1. The van der Waals surface area contributed by atoms with E-state index in [1.807, 2.05) is 12.1 Å². The molecule has 6 nitrogen and oxygen atoms in total. The van der Waals surface area contributed by atoms with Crippen LogP contribution in [0.2, 0.25) is 0 Å². The highest BCUT2D eigenvalue weighted by Gasteiger charge is 2.34. The van der Waals surface area contributed by atoms with Gasteiger partial charge in [-0.15, -0.1) is 0 Å². The van der Waals surface area contributed by atoms with Crippen molar-refractivity contribution in [3.05, 3.63) is 65.0 Å². The Morgan fingerprint density at radius 1 is 1.07 bits per heavy atom. The Kier molecular flexibility index (Phi) is 6.75. The summed E-state index contributed by atoms with van der Waals surface area (Å²) in [5.74, 6) is 5.14. The first-order valence-electron chi connectivity index (χ1n) is 9.56. The average molecular weight is 390 g/mol. The van der Waals surface area contributed by atoms with Crippen LogP contribution in [0.3, 0.4) is 0 Å². The number of unbranched alkanes of at least 4 members (excludes halogenated alkanes) is 1. The van der Waals surface area contributed by atoms with Crippen molar-refractivity contribution in [2.24, 2.45) is 0 Å². The molecule has 3 rings (SSSR count). The van der Waals surface area contributed by atoms with Crippen molar-refractivity contribution >= 4 is 17.8 Å². The SMILES string of the molecule is COC(=O)CCC#Cc1ccc(CCCCN2C(=O)c3ccccc3C2=O)cn1. The molecule has 6 heteroatoms. The van der Waals surface area contributed by atoms with Gasteiger partial charge in [-0.05, 0) is 48.9 Å². The maximum atomic E-state index is 12.3. The number of amides is 2. The Morgan fingerprint density at radius 3 is 2.41 bits per heavy atom. The van der Waals surface area contributed by atoms with E-state index >= 15 is 0 Å². The van der Waals surface area contributed by atoms with Crippen LogP contribution in [0, 0.1) is 11.8 Å². The Bertz CT molecular complexity index is 935. The van der Waals surface area contributed by atoms with Crippen LogP contribution in [0.4, 0.5) is 0 Å². The molecule has 0 saturated heterocycles. The van der Waals surface area contributed by atoms with Crippen LogP contribution in [-0.2, 0) is 16.0 Å². The Labute approximate surface area is 169 Å². The molecule has 0 spiro atoms. The van der Waals surface area contributed by atoms with Crippen LogP contribution >= 0.6 is 0 Å². The van der Waals surface area contributed by atoms with E-state index in [9.17, 15) is 14.4 Å². The summed E-state index contributed by atoms with van der Waals surface area (Å²) in [5, 5.41) is 0. The molecule has 0 bridgehead atoms. The molecule has 1 aromatic heterocycles. The molecule has 0 radical (unpaired) electrons. The maximum Gasteiger partial charge on any atom is 0.306 e. The monoisotopic (exact) mass is 390 g/mol. The summed E-state index contributed by atoms with van der Waals surface area (Å²) >= 11 is 0. The number of rotatable bonds is 7. The van der Waals surface area contributed by atoms with Gasteiger partial charge in [0.25, 0.3) is 11.8 Å². The van der Waals surface area contributed by atoms with Crippen molar-refractivity contribution in [1.29, 1.82) is 0 Å². The second-order valence-corrected chi connectivity index (χ2v) is 6.69. The minimum atomic E-state index is -0.274. The zero-order valence-electron chi connectivity index (χ0n) is 16.3. The number of carbonyl (C=O) groups is 3. The average Bonchev–Trinajstić information content (AvgIpc) is 3.00. The normalized spacial score (nSPS) is 12.4. The molecule has 1 aliphatic heterocycles. The third-order valence-electron chi connectivity index (χ3n) is 4.70. The van der Waals surface area contributed by atoms with Gasteiger partial charge in [0.1, 0.15) is 5.69 Å². The van der Waals surface area contributed by atoms with Gasteiger partial charge in [-0.2, -0.15) is 0 Å². The number of hydrogen-bond donors (Lipinski definition) is 0. The number of nitrogens with zero attached hydrogens (tertiary/aromatic N) is 2. The zero-order chi connectivity index (χ0) is 20.6. The molecule has 2 aromatic rings. The van der Waals surface area contributed by atoms with E-state index in [0.717, 1.165) is 24.8 Å². The standard InChI is InChI=1S/C23H22N2O4/c1-29-21(26)12-5-2-9-18-14-13-17(16-24-18)8-6-7-15-25-22(27)19-10-3-4-11-20(19)23(25)28/h3-4,10-11,13-14,16H,5-8,12,15H2,1H3. The number of pyridine rings is 1. The largest absolute Gasteiger partial charge is 0.469 e. The quantitative estimate of drug-likeness (QED) is 0.314. The summed E-state index contributed by atoms with van der Waals surface area (Å²) in [6.07, 6.45) is 4.89. The van der Waals surface area contributed by atoms with Crippen LogP contribution in [0.1, 0.15) is 57.7 Å². The smallest absolute Gasteiger partial charge is 0.306 e. The van der Waals surface area contributed by atoms with E-state index < -0.39 is 0 Å². The Hall–Kier alpha value is -3.46. The van der Waals surface area contributed by atoms with Gasteiger partial charge in [0.2, 0.25) is 0 Å². The van der Waals surface area contributed by atoms with Crippen molar-refractivity contribution in [1.82, 2.24) is 9.88 Å². The van der Waals surface area contributed by atoms with Gasteiger partial charge >= 0.3 is 5.97 Å². The Morgan fingerprint density at radius 2 is 1.79 bits per heavy atom. The number of methoxy groups -OCH3 is 1. The van der Waals surface area contributed by atoms with Gasteiger partial charge in [0.05, 0.1) is 24.7 Å². The van der Waals surface area contributed by atoms with Gasteiger partial charge in [-0.3, -0.25) is 19.3 Å². The number of benzene rings is 1. The van der Waals surface area contributed by atoms with Crippen LogP contribution < -0.4 is 0 Å². The van der Waals surface area contributed by atoms with Gasteiger partial charge in [-0.1, -0.05) is 24.1 Å². The fraction of sp³-hybridized carbons (Fsp3) is 0.304. The van der Waals surface area contributed by atoms with E-state index in [2.05, 4.69) is 21.6 Å². The number of hydrogen-bond acceptors (Lipinski definition) is 5. The van der Waals surface area contributed by atoms with Crippen LogP contribution in [0.25, 0.3) is 0 Å². The van der Waals surface area contributed by atoms with Crippen LogP contribution in [0.15, 0.2) is 42.6 Å². The lowest BCUT2D eigenvalue weighted by atomic mass is 10.1. The minimum absolute atomic E-state index is 0.206. The summed E-state index contributed by atoms with van der Waals surface area (Å²) in [5.41, 5.74) is 2.71. The van der Waals surface area contributed by atoms with Gasteiger partial charge in [0, 0.05) is 19.2 Å². The van der Waals surface area contributed by atoms with E-state index in [4.69, 9.17) is 0 Å². The van der Waals surface area contributed by atoms with E-state index in [-0.39, 0.29) is 24.2 Å². The highest BCUT2D eigenvalue weighted by molar-refractivity contribution is 6.21. The van der Waals surface area contributed by atoms with Gasteiger partial charge < -0.3 is 4.74 Å². The number of imide groups is 1. The third kappa shape index (κ3) is 5.08. The summed E-state index contributed by atoms with van der Waals surface area (Å²) in [6, 6.07) is 10.8. The van der Waals surface area contributed by atoms with Gasteiger partial charge in [0.15, 0.2) is 0 Å². The minimum Gasteiger partial charge on any atom is -0.469 e. The van der Waals surface area contributed by atoms with Crippen LogP contribution in [0.5, 0.6) is 0 Å². The first-order valence-corrected chi connectivity index (χ1v) is 9.56. The molecule has 0 saturated carbocycles. The van der Waals surface area contributed by atoms with Crippen molar-refractivity contribution in [2.75, 3.05) is 13.7 Å². The second-order valence-electron chi connectivity index (χ2n) is 6.69. The van der Waals surface area contributed by atoms with Crippen molar-refractivity contribution in [3.8, 4) is 11.8 Å². The molecule has 29 heavy (non-hydrogen) atoms. The molecule has 2 amide bonds. The molecule has 2 heterocycles.